The van der Waals surface area contributed by atoms with E-state index in [9.17, 15) is 9.59 Å². The molecule has 2 rings (SSSR count). The minimum absolute atomic E-state index is 0.0246. The number of hydrogen-bond donors (Lipinski definition) is 1. The highest BCUT2D eigenvalue weighted by Gasteiger charge is 2.07. The molecule has 0 bridgehead atoms. The molecule has 1 N–H and O–H groups in total. The predicted molar refractivity (Wildman–Crippen MR) is 56.8 cm³/mol. The van der Waals surface area contributed by atoms with Gasteiger partial charge in [-0.15, -0.1) is 0 Å². The van der Waals surface area contributed by atoms with Crippen molar-refractivity contribution < 1.29 is 9.90 Å². The summed E-state index contributed by atoms with van der Waals surface area (Å²) in [4.78, 5) is 25.7. The molecule has 0 radical (unpaired) electrons. The first-order valence-electron chi connectivity index (χ1n) is 4.56. The lowest BCUT2D eigenvalue weighted by Gasteiger charge is -2.04. The van der Waals surface area contributed by atoms with Gasteiger partial charge in [-0.2, -0.15) is 0 Å². The van der Waals surface area contributed by atoms with Crippen LogP contribution in [0.15, 0.2) is 47.5 Å². The number of aromatic nitrogens is 2. The van der Waals surface area contributed by atoms with Crippen LogP contribution < -0.4 is 5.69 Å². The fourth-order valence-corrected chi connectivity index (χ4v) is 1.30. The summed E-state index contributed by atoms with van der Waals surface area (Å²) in [5, 5.41) is 8.79. The first-order valence-corrected chi connectivity index (χ1v) is 4.56. The zero-order valence-electron chi connectivity index (χ0n) is 8.20. The van der Waals surface area contributed by atoms with E-state index in [1.807, 2.05) is 6.07 Å². The van der Waals surface area contributed by atoms with Crippen LogP contribution >= 0.6 is 0 Å². The van der Waals surface area contributed by atoms with Crippen LogP contribution in [0.3, 0.4) is 0 Å². The van der Waals surface area contributed by atoms with Crippen molar-refractivity contribution in [2.24, 2.45) is 0 Å². The average molecular weight is 216 g/mol. The Morgan fingerprint density at radius 2 is 1.94 bits per heavy atom. The normalized spacial score (nSPS) is 10.0. The van der Waals surface area contributed by atoms with E-state index in [-0.39, 0.29) is 5.56 Å². The molecule has 1 heterocycles. The standard InChI is InChI=1S/C11H8N2O3/c14-10(15)8-6-12-11(16)13(7-8)9-4-2-1-3-5-9/h1-7H,(H,14,15). The maximum atomic E-state index is 11.5. The van der Waals surface area contributed by atoms with Gasteiger partial charge in [-0.1, -0.05) is 18.2 Å². The second-order valence-electron chi connectivity index (χ2n) is 3.14. The van der Waals surface area contributed by atoms with Crippen molar-refractivity contribution >= 4 is 5.97 Å². The molecule has 0 spiro atoms. The van der Waals surface area contributed by atoms with Crippen molar-refractivity contribution in [3.8, 4) is 5.69 Å². The number of hydrogen-bond acceptors (Lipinski definition) is 3. The molecule has 0 aliphatic heterocycles. The number of aromatic carboxylic acids is 1. The molecule has 0 aliphatic carbocycles. The van der Waals surface area contributed by atoms with Gasteiger partial charge in [0.15, 0.2) is 0 Å². The van der Waals surface area contributed by atoms with Gasteiger partial charge in [-0.3, -0.25) is 4.57 Å². The molecule has 2 aromatic rings. The van der Waals surface area contributed by atoms with Gasteiger partial charge >= 0.3 is 11.7 Å². The van der Waals surface area contributed by atoms with Crippen molar-refractivity contribution in [1.82, 2.24) is 9.55 Å². The van der Waals surface area contributed by atoms with Gasteiger partial charge in [0, 0.05) is 12.4 Å². The van der Waals surface area contributed by atoms with Crippen LogP contribution in [0, 0.1) is 0 Å². The maximum absolute atomic E-state index is 11.5. The maximum Gasteiger partial charge on any atom is 0.352 e. The molecule has 0 fully saturated rings. The van der Waals surface area contributed by atoms with Crippen LogP contribution in [-0.2, 0) is 0 Å². The molecule has 5 nitrogen and oxygen atoms in total. The van der Waals surface area contributed by atoms with Crippen LogP contribution in [0.1, 0.15) is 10.4 Å². The second-order valence-corrected chi connectivity index (χ2v) is 3.14. The van der Waals surface area contributed by atoms with Crippen molar-refractivity contribution in [2.45, 2.75) is 0 Å². The lowest BCUT2D eigenvalue weighted by molar-refractivity contribution is 0.0695. The lowest BCUT2D eigenvalue weighted by Crippen LogP contribution is -2.22. The minimum Gasteiger partial charge on any atom is -0.478 e. The summed E-state index contributed by atoms with van der Waals surface area (Å²) in [7, 11) is 0. The van der Waals surface area contributed by atoms with E-state index in [2.05, 4.69) is 4.98 Å². The number of rotatable bonds is 2. The van der Waals surface area contributed by atoms with Gasteiger partial charge in [0.25, 0.3) is 0 Å². The number of nitrogens with zero attached hydrogens (tertiary/aromatic N) is 2. The molecule has 1 aromatic heterocycles. The van der Waals surface area contributed by atoms with E-state index in [0.717, 1.165) is 6.20 Å². The first kappa shape index (κ1) is 10.1. The number of carboxylic acid groups (broad SMARTS) is 1. The van der Waals surface area contributed by atoms with Crippen molar-refractivity contribution in [2.75, 3.05) is 0 Å². The lowest BCUT2D eigenvalue weighted by atomic mass is 10.3. The zero-order valence-corrected chi connectivity index (χ0v) is 8.20. The van der Waals surface area contributed by atoms with Gasteiger partial charge in [-0.25, -0.2) is 14.6 Å². The van der Waals surface area contributed by atoms with Crippen molar-refractivity contribution in [1.29, 1.82) is 0 Å². The third-order valence-electron chi connectivity index (χ3n) is 2.07. The van der Waals surface area contributed by atoms with Crippen LogP contribution in [-0.4, -0.2) is 20.6 Å². The summed E-state index contributed by atoms with van der Waals surface area (Å²) >= 11 is 0. The fraction of sp³-hybridized carbons (Fsp3) is 0. The third-order valence-corrected chi connectivity index (χ3v) is 2.07. The number of para-hydroxylation sites is 1. The molecular weight excluding hydrogens is 208 g/mol. The second kappa shape index (κ2) is 3.98. The van der Waals surface area contributed by atoms with Gasteiger partial charge < -0.3 is 5.11 Å². The van der Waals surface area contributed by atoms with Crippen LogP contribution in [0.4, 0.5) is 0 Å². The van der Waals surface area contributed by atoms with E-state index < -0.39 is 11.7 Å². The molecule has 0 amide bonds. The summed E-state index contributed by atoms with van der Waals surface area (Å²) < 4.78 is 1.20. The SMILES string of the molecule is O=C(O)c1cnc(=O)n(-c2ccccc2)c1. The molecule has 16 heavy (non-hydrogen) atoms. The Balaban J connectivity index is 2.61. The molecule has 80 valence electrons. The number of carbonyl (C=O) groups is 1. The van der Waals surface area contributed by atoms with Crippen LogP contribution in [0.25, 0.3) is 5.69 Å². The molecule has 0 atom stereocenters. The topological polar surface area (TPSA) is 72.2 Å². The fourth-order valence-electron chi connectivity index (χ4n) is 1.30. The summed E-state index contributed by atoms with van der Waals surface area (Å²) in [6.07, 6.45) is 2.30. The molecule has 1 aromatic carbocycles. The van der Waals surface area contributed by atoms with Crippen molar-refractivity contribution in [3.05, 3.63) is 58.8 Å². The molecule has 0 saturated carbocycles. The Bertz CT molecular complexity index is 575. The quantitative estimate of drug-likeness (QED) is 0.810. The summed E-state index contributed by atoms with van der Waals surface area (Å²) in [5.41, 5.74) is 0.0581. The van der Waals surface area contributed by atoms with Crippen LogP contribution in [0.2, 0.25) is 0 Å². The third kappa shape index (κ3) is 1.83. The van der Waals surface area contributed by atoms with E-state index in [1.54, 1.807) is 24.3 Å². The number of benzene rings is 1. The smallest absolute Gasteiger partial charge is 0.352 e. The Morgan fingerprint density at radius 1 is 1.25 bits per heavy atom. The Labute approximate surface area is 90.6 Å². The van der Waals surface area contributed by atoms with E-state index in [1.165, 1.54) is 10.8 Å². The van der Waals surface area contributed by atoms with E-state index in [0.29, 0.717) is 5.69 Å². The Kier molecular flexibility index (Phi) is 2.51. The predicted octanol–water partition coefficient (Wildman–Crippen LogP) is 0.931. The highest BCUT2D eigenvalue weighted by atomic mass is 16.4. The van der Waals surface area contributed by atoms with Gasteiger partial charge in [0.1, 0.15) is 0 Å². The summed E-state index contributed by atoms with van der Waals surface area (Å²) in [5.74, 6) is -1.11. The van der Waals surface area contributed by atoms with Gasteiger partial charge in [0.2, 0.25) is 0 Å². The summed E-state index contributed by atoms with van der Waals surface area (Å²) in [6, 6.07) is 8.73. The summed E-state index contributed by atoms with van der Waals surface area (Å²) in [6.45, 7) is 0. The van der Waals surface area contributed by atoms with E-state index in [4.69, 9.17) is 5.11 Å². The largest absolute Gasteiger partial charge is 0.478 e. The molecule has 5 heteroatoms. The van der Waals surface area contributed by atoms with Gasteiger partial charge in [0.05, 0.1) is 11.3 Å². The highest BCUT2D eigenvalue weighted by Crippen LogP contribution is 2.04. The molecular formula is C11H8N2O3. The molecule has 0 saturated heterocycles. The Hall–Kier alpha value is -2.43. The van der Waals surface area contributed by atoms with Crippen LogP contribution in [0.5, 0.6) is 0 Å². The number of carboxylic acids is 1. The molecule has 0 aliphatic rings. The Morgan fingerprint density at radius 3 is 2.56 bits per heavy atom. The minimum atomic E-state index is -1.11. The van der Waals surface area contributed by atoms with Gasteiger partial charge in [-0.05, 0) is 12.1 Å². The van der Waals surface area contributed by atoms with Crippen molar-refractivity contribution in [3.63, 3.8) is 0 Å². The monoisotopic (exact) mass is 216 g/mol. The first-order chi connectivity index (χ1) is 7.68. The molecule has 0 unspecified atom stereocenters. The highest BCUT2D eigenvalue weighted by molar-refractivity contribution is 5.86. The average Bonchev–Trinajstić information content (AvgIpc) is 2.30. The van der Waals surface area contributed by atoms with E-state index >= 15 is 0 Å². The zero-order chi connectivity index (χ0) is 11.5.